The van der Waals surface area contributed by atoms with E-state index < -0.39 is 0 Å². The topological polar surface area (TPSA) is 84.2 Å². The second kappa shape index (κ2) is 7.99. The maximum absolute atomic E-state index is 12.6. The van der Waals surface area contributed by atoms with Crippen LogP contribution in [0.25, 0.3) is 0 Å². The van der Waals surface area contributed by atoms with Gasteiger partial charge in [0, 0.05) is 18.7 Å². The van der Waals surface area contributed by atoms with Gasteiger partial charge in [-0.3, -0.25) is 9.59 Å². The summed E-state index contributed by atoms with van der Waals surface area (Å²) in [6.07, 6.45) is 4.34. The minimum absolute atomic E-state index is 0.0760. The Morgan fingerprint density at radius 1 is 1.29 bits per heavy atom. The van der Waals surface area contributed by atoms with Gasteiger partial charge in [0.05, 0.1) is 16.1 Å². The molecule has 1 aromatic rings. The van der Waals surface area contributed by atoms with E-state index in [1.54, 1.807) is 18.2 Å². The molecule has 0 saturated heterocycles. The number of halogens is 1. The van der Waals surface area contributed by atoms with Crippen LogP contribution >= 0.6 is 11.6 Å². The fourth-order valence-corrected chi connectivity index (χ4v) is 3.30. The first kappa shape index (κ1) is 18.7. The maximum Gasteiger partial charge on any atom is 0.253 e. The molecule has 0 aliphatic heterocycles. The molecule has 0 radical (unpaired) electrons. The molecule has 5 nitrogen and oxygen atoms in total. The van der Waals surface area contributed by atoms with Gasteiger partial charge in [-0.05, 0) is 37.0 Å². The van der Waals surface area contributed by atoms with Crippen molar-refractivity contribution in [2.75, 3.05) is 11.9 Å². The summed E-state index contributed by atoms with van der Waals surface area (Å²) in [4.78, 5) is 24.5. The molecule has 1 aliphatic carbocycles. The molecule has 2 amide bonds. The Labute approximate surface area is 148 Å². The number of anilines is 1. The van der Waals surface area contributed by atoms with Gasteiger partial charge in [0.1, 0.15) is 0 Å². The van der Waals surface area contributed by atoms with Crippen molar-refractivity contribution < 1.29 is 9.59 Å². The third-order valence-electron chi connectivity index (χ3n) is 4.42. The minimum Gasteiger partial charge on any atom is -0.345 e. The molecule has 132 valence electrons. The van der Waals surface area contributed by atoms with Crippen molar-refractivity contribution in [3.05, 3.63) is 28.8 Å². The smallest absolute Gasteiger partial charge is 0.253 e. The first-order valence-corrected chi connectivity index (χ1v) is 8.85. The summed E-state index contributed by atoms with van der Waals surface area (Å²) in [5, 5.41) is 6.22. The average Bonchev–Trinajstić information content (AvgIpc) is 2.97. The number of amides is 2. The average molecular weight is 352 g/mol. The summed E-state index contributed by atoms with van der Waals surface area (Å²) in [6.45, 7) is 4.38. The largest absolute Gasteiger partial charge is 0.345 e. The Hall–Kier alpha value is -1.59. The van der Waals surface area contributed by atoms with Gasteiger partial charge in [0.15, 0.2) is 0 Å². The second-order valence-corrected chi connectivity index (χ2v) is 7.39. The van der Waals surface area contributed by atoms with E-state index >= 15 is 0 Å². The lowest BCUT2D eigenvalue weighted by Gasteiger charge is -2.29. The fourth-order valence-electron chi connectivity index (χ4n) is 3.10. The molecule has 0 heterocycles. The lowest BCUT2D eigenvalue weighted by Crippen LogP contribution is -2.51. The molecular formula is C18H26ClN3O2. The predicted molar refractivity (Wildman–Crippen MR) is 97.3 cm³/mol. The fraction of sp³-hybridized carbons (Fsp3) is 0.556. The number of nitrogens with one attached hydrogen (secondary N) is 2. The van der Waals surface area contributed by atoms with Crippen molar-refractivity contribution in [2.24, 2.45) is 11.7 Å². The maximum atomic E-state index is 12.6. The zero-order valence-electron chi connectivity index (χ0n) is 14.3. The van der Waals surface area contributed by atoms with Gasteiger partial charge in [-0.2, -0.15) is 0 Å². The van der Waals surface area contributed by atoms with E-state index in [9.17, 15) is 9.59 Å². The summed E-state index contributed by atoms with van der Waals surface area (Å²) in [6, 6.07) is 4.95. The summed E-state index contributed by atoms with van der Waals surface area (Å²) in [5.74, 6) is -0.0490. The van der Waals surface area contributed by atoms with Crippen LogP contribution in [-0.4, -0.2) is 23.9 Å². The zero-order chi connectivity index (χ0) is 17.7. The molecule has 1 aliphatic rings. The van der Waals surface area contributed by atoms with Crippen molar-refractivity contribution in [3.8, 4) is 0 Å². The summed E-state index contributed by atoms with van der Waals surface area (Å²) >= 11 is 6.18. The summed E-state index contributed by atoms with van der Waals surface area (Å²) in [5.41, 5.74) is 6.47. The van der Waals surface area contributed by atoms with Crippen LogP contribution in [0, 0.1) is 5.92 Å². The van der Waals surface area contributed by atoms with E-state index in [1.807, 2.05) is 13.8 Å². The van der Waals surface area contributed by atoms with E-state index in [-0.39, 0.29) is 23.3 Å². The SMILES string of the molecule is CC(C)CC(=O)Nc1ccc(Cl)c(C(=O)NC2(CN)CCCC2)c1. The normalized spacial score (nSPS) is 16.2. The van der Waals surface area contributed by atoms with Gasteiger partial charge in [-0.25, -0.2) is 0 Å². The molecule has 1 saturated carbocycles. The first-order valence-electron chi connectivity index (χ1n) is 8.47. The van der Waals surface area contributed by atoms with E-state index in [2.05, 4.69) is 10.6 Å². The summed E-state index contributed by atoms with van der Waals surface area (Å²) in [7, 11) is 0. The number of rotatable bonds is 6. The Morgan fingerprint density at radius 2 is 1.96 bits per heavy atom. The number of carbonyl (C=O) groups excluding carboxylic acids is 2. The molecule has 1 aromatic carbocycles. The molecular weight excluding hydrogens is 326 g/mol. The van der Waals surface area contributed by atoms with Crippen LogP contribution in [0.15, 0.2) is 18.2 Å². The van der Waals surface area contributed by atoms with Crippen molar-refractivity contribution in [3.63, 3.8) is 0 Å². The third-order valence-corrected chi connectivity index (χ3v) is 4.75. The van der Waals surface area contributed by atoms with Gasteiger partial charge in [0.25, 0.3) is 5.91 Å². The van der Waals surface area contributed by atoms with Gasteiger partial charge in [-0.15, -0.1) is 0 Å². The van der Waals surface area contributed by atoms with Crippen LogP contribution in [0.2, 0.25) is 5.02 Å². The van der Waals surface area contributed by atoms with Crippen LogP contribution in [0.1, 0.15) is 56.3 Å². The van der Waals surface area contributed by atoms with E-state index in [4.69, 9.17) is 17.3 Å². The van der Waals surface area contributed by atoms with Crippen LogP contribution in [-0.2, 0) is 4.79 Å². The van der Waals surface area contributed by atoms with Crippen LogP contribution < -0.4 is 16.4 Å². The van der Waals surface area contributed by atoms with E-state index in [0.717, 1.165) is 25.7 Å². The molecule has 0 aromatic heterocycles. The lowest BCUT2D eigenvalue weighted by atomic mass is 9.97. The van der Waals surface area contributed by atoms with Crippen molar-refractivity contribution in [1.82, 2.24) is 5.32 Å². The standard InChI is InChI=1S/C18H26ClN3O2/c1-12(2)9-16(23)21-13-5-6-15(19)14(10-13)17(24)22-18(11-20)7-3-4-8-18/h5-6,10,12H,3-4,7-9,11,20H2,1-2H3,(H,21,23)(H,22,24). The van der Waals surface area contributed by atoms with Gasteiger partial charge < -0.3 is 16.4 Å². The van der Waals surface area contributed by atoms with Crippen molar-refractivity contribution in [2.45, 2.75) is 51.5 Å². The number of hydrogen-bond donors (Lipinski definition) is 3. The van der Waals surface area contributed by atoms with Gasteiger partial charge in [0.2, 0.25) is 5.91 Å². The molecule has 2 rings (SSSR count). The zero-order valence-corrected chi connectivity index (χ0v) is 15.1. The molecule has 24 heavy (non-hydrogen) atoms. The lowest BCUT2D eigenvalue weighted by molar-refractivity contribution is -0.116. The van der Waals surface area contributed by atoms with Crippen LogP contribution in [0.4, 0.5) is 5.69 Å². The predicted octanol–water partition coefficient (Wildman–Crippen LogP) is 3.33. The number of nitrogens with two attached hydrogens (primary N) is 1. The highest BCUT2D eigenvalue weighted by molar-refractivity contribution is 6.34. The Bertz CT molecular complexity index is 610. The Balaban J connectivity index is 2.12. The molecule has 6 heteroatoms. The molecule has 0 bridgehead atoms. The van der Waals surface area contributed by atoms with Gasteiger partial charge >= 0.3 is 0 Å². The second-order valence-electron chi connectivity index (χ2n) is 6.99. The Kier molecular flexibility index (Phi) is 6.24. The van der Waals surface area contributed by atoms with E-state index in [1.165, 1.54) is 0 Å². The highest BCUT2D eigenvalue weighted by atomic mass is 35.5. The number of benzene rings is 1. The highest BCUT2D eigenvalue weighted by Crippen LogP contribution is 2.30. The monoisotopic (exact) mass is 351 g/mol. The number of hydrogen-bond acceptors (Lipinski definition) is 3. The number of carbonyl (C=O) groups is 2. The van der Waals surface area contributed by atoms with Crippen LogP contribution in [0.3, 0.4) is 0 Å². The minimum atomic E-state index is -0.336. The Morgan fingerprint density at radius 3 is 2.54 bits per heavy atom. The van der Waals surface area contributed by atoms with E-state index in [0.29, 0.717) is 29.2 Å². The third kappa shape index (κ3) is 4.71. The molecule has 0 unspecified atom stereocenters. The molecule has 4 N–H and O–H groups in total. The van der Waals surface area contributed by atoms with Crippen molar-refractivity contribution >= 4 is 29.1 Å². The van der Waals surface area contributed by atoms with Crippen LogP contribution in [0.5, 0.6) is 0 Å². The molecule has 1 fully saturated rings. The van der Waals surface area contributed by atoms with Crippen molar-refractivity contribution in [1.29, 1.82) is 0 Å². The highest BCUT2D eigenvalue weighted by Gasteiger charge is 2.34. The summed E-state index contributed by atoms with van der Waals surface area (Å²) < 4.78 is 0. The quantitative estimate of drug-likeness (QED) is 0.735. The first-order chi connectivity index (χ1) is 11.3. The van der Waals surface area contributed by atoms with Gasteiger partial charge in [-0.1, -0.05) is 38.3 Å². The molecule has 0 atom stereocenters. The molecule has 0 spiro atoms.